The number of aryl methyl sites for hydroxylation is 1. The minimum absolute atomic E-state index is 0.0650. The lowest BCUT2D eigenvalue weighted by atomic mass is 10.2. The number of nitrogens with zero attached hydrogens (tertiary/aromatic N) is 2. The van der Waals surface area contributed by atoms with E-state index in [1.54, 1.807) is 12.1 Å². The summed E-state index contributed by atoms with van der Waals surface area (Å²) in [4.78, 5) is 9.64. The zero-order valence-corrected chi connectivity index (χ0v) is 14.1. The fourth-order valence-corrected chi connectivity index (χ4v) is 5.28. The van der Waals surface area contributed by atoms with E-state index in [0.717, 1.165) is 29.8 Å². The van der Waals surface area contributed by atoms with Gasteiger partial charge in [0.05, 0.1) is 14.7 Å². The van der Waals surface area contributed by atoms with E-state index in [1.165, 1.54) is 12.1 Å². The molecular weight excluding hydrogens is 364 g/mol. The monoisotopic (exact) mass is 374 g/mol. The van der Waals surface area contributed by atoms with Crippen molar-refractivity contribution in [1.82, 2.24) is 0 Å². The first-order chi connectivity index (χ1) is 10.6. The summed E-state index contributed by atoms with van der Waals surface area (Å²) in [6.07, 6.45) is 0. The lowest BCUT2D eigenvalue weighted by Gasteiger charge is -2.03. The second-order valence-electron chi connectivity index (χ2n) is 4.57. The van der Waals surface area contributed by atoms with E-state index < -0.39 is 23.9 Å². The number of halogens is 1. The van der Waals surface area contributed by atoms with Gasteiger partial charge in [-0.2, -0.15) is 8.42 Å². The van der Waals surface area contributed by atoms with Gasteiger partial charge in [0.25, 0.3) is 15.7 Å². The van der Waals surface area contributed by atoms with Gasteiger partial charge in [-0.3, -0.25) is 10.1 Å². The Morgan fingerprint density at radius 2 is 1.43 bits per heavy atom. The number of sulfonamides is 1. The summed E-state index contributed by atoms with van der Waals surface area (Å²) >= 11 is 0. The molecule has 0 N–H and O–H groups in total. The second kappa shape index (κ2) is 6.26. The van der Waals surface area contributed by atoms with Gasteiger partial charge >= 0.3 is 0 Å². The lowest BCUT2D eigenvalue weighted by molar-refractivity contribution is -0.384. The van der Waals surface area contributed by atoms with Crippen molar-refractivity contribution >= 4 is 35.3 Å². The molecule has 2 rings (SSSR count). The summed E-state index contributed by atoms with van der Waals surface area (Å²) in [6, 6.07) is 10.2. The van der Waals surface area contributed by atoms with Crippen LogP contribution in [0.5, 0.6) is 0 Å². The summed E-state index contributed by atoms with van der Waals surface area (Å²) in [7, 11) is -2.20. The highest BCUT2D eigenvalue weighted by Crippen LogP contribution is 2.24. The molecule has 0 spiro atoms. The first-order valence-corrected chi connectivity index (χ1v) is 9.94. The zero-order valence-electron chi connectivity index (χ0n) is 11.7. The fourth-order valence-electron chi connectivity index (χ4n) is 1.66. The Kier molecular flexibility index (Phi) is 4.73. The summed E-state index contributed by atoms with van der Waals surface area (Å²) in [5.41, 5.74) is 0.618. The van der Waals surface area contributed by atoms with Crippen molar-refractivity contribution in [3.63, 3.8) is 0 Å². The molecule has 0 aliphatic carbocycles. The van der Waals surface area contributed by atoms with Crippen LogP contribution in [0.25, 0.3) is 0 Å². The highest BCUT2D eigenvalue weighted by atomic mass is 35.7. The molecule has 0 radical (unpaired) electrons. The van der Waals surface area contributed by atoms with Crippen molar-refractivity contribution in [1.29, 1.82) is 0 Å². The predicted octanol–water partition coefficient (Wildman–Crippen LogP) is 3.27. The second-order valence-corrected chi connectivity index (χ2v) is 9.23. The van der Waals surface area contributed by atoms with Crippen LogP contribution in [-0.4, -0.2) is 17.6 Å². The molecule has 0 aliphatic heterocycles. The molecule has 0 heterocycles. The van der Waals surface area contributed by atoms with Crippen molar-refractivity contribution in [2.75, 3.05) is 0 Å². The van der Waals surface area contributed by atoms with Crippen molar-refractivity contribution in [2.24, 2.45) is 3.77 Å². The molecule has 1 atom stereocenters. The molecule has 0 bridgehead atoms. The van der Waals surface area contributed by atoms with Gasteiger partial charge in [-0.05, 0) is 31.2 Å². The Morgan fingerprint density at radius 1 is 0.957 bits per heavy atom. The van der Waals surface area contributed by atoms with Crippen LogP contribution in [0.2, 0.25) is 0 Å². The van der Waals surface area contributed by atoms with E-state index in [4.69, 9.17) is 10.7 Å². The maximum atomic E-state index is 12.4. The zero-order chi connectivity index (χ0) is 17.3. The van der Waals surface area contributed by atoms with Crippen LogP contribution in [0, 0.1) is 17.0 Å². The molecule has 0 aliphatic rings. The molecule has 23 heavy (non-hydrogen) atoms. The molecule has 1 unspecified atom stereocenters. The quantitative estimate of drug-likeness (QED) is 0.463. The average Bonchev–Trinajstić information content (AvgIpc) is 2.46. The molecule has 2 aromatic rings. The fraction of sp³-hybridized carbons (Fsp3) is 0.0769. The number of nitro groups is 1. The van der Waals surface area contributed by atoms with E-state index in [2.05, 4.69) is 3.77 Å². The minimum Gasteiger partial charge on any atom is -0.258 e. The lowest BCUT2D eigenvalue weighted by Crippen LogP contribution is -2.02. The summed E-state index contributed by atoms with van der Waals surface area (Å²) < 4.78 is 40.0. The van der Waals surface area contributed by atoms with E-state index in [1.807, 2.05) is 6.92 Å². The Balaban J connectivity index is 2.48. The molecule has 10 heteroatoms. The Morgan fingerprint density at radius 3 is 1.91 bits per heavy atom. The van der Waals surface area contributed by atoms with E-state index in [-0.39, 0.29) is 15.5 Å². The van der Waals surface area contributed by atoms with Crippen molar-refractivity contribution in [3.05, 3.63) is 64.2 Å². The van der Waals surface area contributed by atoms with E-state index in [9.17, 15) is 22.7 Å². The molecule has 0 aromatic heterocycles. The van der Waals surface area contributed by atoms with Crippen LogP contribution in [0.3, 0.4) is 0 Å². The first-order valence-electron chi connectivity index (χ1n) is 6.16. The summed E-state index contributed by atoms with van der Waals surface area (Å²) in [5.74, 6) is 0. The largest absolute Gasteiger partial charge is 0.291 e. The number of benzene rings is 2. The topological polar surface area (TPSA) is 107 Å². The number of rotatable bonds is 4. The van der Waals surface area contributed by atoms with Gasteiger partial charge in [-0.1, -0.05) is 21.5 Å². The molecule has 0 saturated carbocycles. The molecule has 0 fully saturated rings. The maximum Gasteiger partial charge on any atom is 0.291 e. The van der Waals surface area contributed by atoms with Crippen LogP contribution >= 0.6 is 10.7 Å². The maximum absolute atomic E-state index is 12.4. The van der Waals surface area contributed by atoms with Gasteiger partial charge in [0, 0.05) is 22.8 Å². The Bertz CT molecular complexity index is 960. The Hall–Kier alpha value is -1.97. The molecule has 0 saturated heterocycles. The summed E-state index contributed by atoms with van der Waals surface area (Å²) in [5, 5.41) is 10.6. The number of non-ortho nitro benzene ring substituents is 1. The third-order valence-electron chi connectivity index (χ3n) is 2.85. The van der Waals surface area contributed by atoms with E-state index >= 15 is 0 Å². The van der Waals surface area contributed by atoms with Gasteiger partial charge in [0.15, 0.2) is 8.94 Å². The van der Waals surface area contributed by atoms with Crippen LogP contribution in [0.15, 0.2) is 62.1 Å². The number of nitro benzene ring substituents is 1. The first kappa shape index (κ1) is 17.4. The van der Waals surface area contributed by atoms with Crippen molar-refractivity contribution in [3.8, 4) is 0 Å². The van der Waals surface area contributed by atoms with Gasteiger partial charge in [-0.15, -0.1) is 0 Å². The number of hydrogen-bond donors (Lipinski definition) is 0. The van der Waals surface area contributed by atoms with Crippen LogP contribution in [-0.2, 0) is 19.0 Å². The van der Waals surface area contributed by atoms with Crippen LogP contribution < -0.4 is 0 Å². The van der Waals surface area contributed by atoms with Crippen LogP contribution in [0.4, 0.5) is 5.69 Å². The molecule has 7 nitrogen and oxygen atoms in total. The third kappa shape index (κ3) is 4.06. The number of hydrogen-bond acceptors (Lipinski definition) is 5. The highest BCUT2D eigenvalue weighted by molar-refractivity contribution is 8.19. The Labute approximate surface area is 137 Å². The smallest absolute Gasteiger partial charge is 0.258 e. The normalized spacial score (nSPS) is 14.0. The van der Waals surface area contributed by atoms with Gasteiger partial charge in [-0.25, -0.2) is 4.21 Å². The minimum atomic E-state index is -4.32. The third-order valence-corrected chi connectivity index (χ3v) is 7.17. The predicted molar refractivity (Wildman–Crippen MR) is 86.2 cm³/mol. The SMILES string of the molecule is Cc1ccc(S(=O)(Cl)=NS(=O)(=O)c2ccc([N+](=O)[O-])cc2)cc1. The summed E-state index contributed by atoms with van der Waals surface area (Å²) in [6.45, 7) is 1.81. The van der Waals surface area contributed by atoms with Gasteiger partial charge in [0.2, 0.25) is 0 Å². The molecule has 122 valence electrons. The highest BCUT2D eigenvalue weighted by Gasteiger charge is 2.20. The van der Waals surface area contributed by atoms with Crippen molar-refractivity contribution < 1.29 is 17.6 Å². The molecule has 0 amide bonds. The average molecular weight is 375 g/mol. The van der Waals surface area contributed by atoms with Gasteiger partial charge < -0.3 is 0 Å². The van der Waals surface area contributed by atoms with Crippen LogP contribution in [0.1, 0.15) is 5.56 Å². The van der Waals surface area contributed by atoms with E-state index in [0.29, 0.717) is 0 Å². The van der Waals surface area contributed by atoms with Crippen molar-refractivity contribution in [2.45, 2.75) is 16.7 Å². The standard InChI is InChI=1S/C13H11ClN2O5S2/c1-10-2-6-12(7-3-10)22(14,19)15-23(20,21)13-8-4-11(5-9-13)16(17)18/h2-9H,1H3. The van der Waals surface area contributed by atoms with Gasteiger partial charge in [0.1, 0.15) is 0 Å². The molecular formula is C13H11ClN2O5S2. The molecule has 2 aromatic carbocycles.